The molecule has 0 bridgehead atoms. The minimum atomic E-state index is -0.177. The van der Waals surface area contributed by atoms with Crippen LogP contribution in [0.5, 0.6) is 0 Å². The maximum Gasteiger partial charge on any atom is 0.321 e. The van der Waals surface area contributed by atoms with Crippen molar-refractivity contribution >= 4 is 17.6 Å². The van der Waals surface area contributed by atoms with E-state index in [0.29, 0.717) is 12.1 Å². The van der Waals surface area contributed by atoms with Crippen LogP contribution in [0.4, 0.5) is 10.5 Å². The highest BCUT2D eigenvalue weighted by atomic mass is 16.2. The Hall–Kier alpha value is -3.61. The third kappa shape index (κ3) is 4.60. The van der Waals surface area contributed by atoms with Gasteiger partial charge in [0.2, 0.25) is 0 Å². The number of amides is 3. The summed E-state index contributed by atoms with van der Waals surface area (Å²) in [6.45, 7) is 5.88. The predicted molar refractivity (Wildman–Crippen MR) is 120 cm³/mol. The van der Waals surface area contributed by atoms with Crippen LogP contribution in [0.15, 0.2) is 54.7 Å². The van der Waals surface area contributed by atoms with Crippen molar-refractivity contribution in [2.75, 3.05) is 18.4 Å². The van der Waals surface area contributed by atoms with E-state index in [0.717, 1.165) is 54.1 Å². The maximum absolute atomic E-state index is 12.8. The molecule has 1 aliphatic rings. The predicted octanol–water partition coefficient (Wildman–Crippen LogP) is 4.05. The van der Waals surface area contributed by atoms with Crippen LogP contribution in [0.1, 0.15) is 40.0 Å². The summed E-state index contributed by atoms with van der Waals surface area (Å²) >= 11 is 0. The average Bonchev–Trinajstić information content (AvgIpc) is 3.43. The molecule has 0 saturated carbocycles. The number of para-hydroxylation sites is 1. The number of hydrogen-bond acceptors (Lipinski definition) is 3. The van der Waals surface area contributed by atoms with E-state index in [1.54, 1.807) is 10.9 Å². The second kappa shape index (κ2) is 9.04. The molecule has 2 heterocycles. The van der Waals surface area contributed by atoms with Crippen molar-refractivity contribution in [2.45, 2.75) is 33.2 Å². The molecular formula is C24H27N5O2. The van der Waals surface area contributed by atoms with Crippen LogP contribution >= 0.6 is 0 Å². The van der Waals surface area contributed by atoms with Gasteiger partial charge in [0.1, 0.15) is 0 Å². The molecule has 1 aliphatic heterocycles. The van der Waals surface area contributed by atoms with E-state index in [9.17, 15) is 9.59 Å². The van der Waals surface area contributed by atoms with Crippen molar-refractivity contribution in [1.82, 2.24) is 20.0 Å². The van der Waals surface area contributed by atoms with E-state index in [2.05, 4.69) is 15.7 Å². The number of carbonyl (C=O) groups is 2. The van der Waals surface area contributed by atoms with Gasteiger partial charge >= 0.3 is 6.03 Å². The van der Waals surface area contributed by atoms with Crippen molar-refractivity contribution < 1.29 is 9.59 Å². The summed E-state index contributed by atoms with van der Waals surface area (Å²) in [6.07, 6.45) is 3.71. The number of rotatable bonds is 5. The first-order valence-electron chi connectivity index (χ1n) is 10.6. The molecule has 160 valence electrons. The number of anilines is 1. The number of aryl methyl sites for hydroxylation is 1. The number of nitrogens with one attached hydrogen (secondary N) is 2. The van der Waals surface area contributed by atoms with Gasteiger partial charge in [0, 0.05) is 25.3 Å². The second-order valence-electron chi connectivity index (χ2n) is 7.85. The highest BCUT2D eigenvalue weighted by Crippen LogP contribution is 2.18. The normalized spacial score (nSPS) is 13.3. The Morgan fingerprint density at radius 3 is 2.58 bits per heavy atom. The highest BCUT2D eigenvalue weighted by molar-refractivity contribution is 5.95. The van der Waals surface area contributed by atoms with Crippen LogP contribution in [-0.2, 0) is 6.54 Å². The molecule has 2 aromatic carbocycles. The molecule has 7 heteroatoms. The molecule has 2 N–H and O–H groups in total. The molecule has 4 rings (SSSR count). The number of benzene rings is 2. The van der Waals surface area contributed by atoms with Gasteiger partial charge in [0.25, 0.3) is 5.91 Å². The van der Waals surface area contributed by atoms with Gasteiger partial charge in [-0.05, 0) is 56.0 Å². The van der Waals surface area contributed by atoms with Gasteiger partial charge in [-0.2, -0.15) is 5.10 Å². The number of carbonyl (C=O) groups excluding carboxylic acids is 2. The number of urea groups is 1. The van der Waals surface area contributed by atoms with Crippen molar-refractivity contribution in [1.29, 1.82) is 0 Å². The largest absolute Gasteiger partial charge is 0.348 e. The zero-order valence-corrected chi connectivity index (χ0v) is 17.9. The Bertz CT molecular complexity index is 1100. The van der Waals surface area contributed by atoms with E-state index in [-0.39, 0.29) is 11.9 Å². The van der Waals surface area contributed by atoms with Gasteiger partial charge in [0.15, 0.2) is 0 Å². The molecule has 0 atom stereocenters. The lowest BCUT2D eigenvalue weighted by molar-refractivity contribution is 0.0950. The van der Waals surface area contributed by atoms with E-state index in [4.69, 9.17) is 0 Å². The fourth-order valence-electron chi connectivity index (χ4n) is 3.84. The molecule has 0 unspecified atom stereocenters. The molecule has 1 aromatic heterocycles. The smallest absolute Gasteiger partial charge is 0.321 e. The topological polar surface area (TPSA) is 79.3 Å². The molecule has 7 nitrogen and oxygen atoms in total. The SMILES string of the molecule is Cc1ccccc1-n1ncc(C(=O)NCc2cccc(NC(=O)N3CCCC3)c2)c1C. The number of likely N-dealkylation sites (tertiary alicyclic amines) is 1. The Morgan fingerprint density at radius 1 is 1.03 bits per heavy atom. The van der Waals surface area contributed by atoms with Gasteiger partial charge in [-0.15, -0.1) is 0 Å². The Labute approximate surface area is 182 Å². The van der Waals surface area contributed by atoms with Gasteiger partial charge in [-0.3, -0.25) is 4.79 Å². The van der Waals surface area contributed by atoms with Gasteiger partial charge in [0.05, 0.1) is 23.1 Å². The quantitative estimate of drug-likeness (QED) is 0.657. The lowest BCUT2D eigenvalue weighted by Crippen LogP contribution is -2.32. The minimum Gasteiger partial charge on any atom is -0.348 e. The van der Waals surface area contributed by atoms with Crippen LogP contribution < -0.4 is 10.6 Å². The summed E-state index contributed by atoms with van der Waals surface area (Å²) in [5.74, 6) is -0.177. The van der Waals surface area contributed by atoms with E-state index >= 15 is 0 Å². The molecule has 1 fully saturated rings. The van der Waals surface area contributed by atoms with Crippen molar-refractivity contribution in [2.24, 2.45) is 0 Å². The van der Waals surface area contributed by atoms with Crippen molar-refractivity contribution in [3.05, 3.63) is 77.1 Å². The first-order chi connectivity index (χ1) is 15.0. The zero-order valence-electron chi connectivity index (χ0n) is 17.9. The van der Waals surface area contributed by atoms with Crippen LogP contribution in [0.25, 0.3) is 5.69 Å². The Kier molecular flexibility index (Phi) is 6.02. The summed E-state index contributed by atoms with van der Waals surface area (Å²) in [4.78, 5) is 26.9. The first kappa shape index (κ1) is 20.7. The monoisotopic (exact) mass is 417 g/mol. The molecule has 0 spiro atoms. The zero-order chi connectivity index (χ0) is 21.8. The lowest BCUT2D eigenvalue weighted by atomic mass is 10.1. The summed E-state index contributed by atoms with van der Waals surface area (Å²) in [7, 11) is 0. The Balaban J connectivity index is 1.40. The molecule has 3 amide bonds. The van der Waals surface area contributed by atoms with Gasteiger partial charge in [-0.25, -0.2) is 9.48 Å². The lowest BCUT2D eigenvalue weighted by Gasteiger charge is -2.16. The fourth-order valence-corrected chi connectivity index (χ4v) is 3.84. The molecular weight excluding hydrogens is 390 g/mol. The number of nitrogens with zero attached hydrogens (tertiary/aromatic N) is 3. The molecule has 1 saturated heterocycles. The summed E-state index contributed by atoms with van der Waals surface area (Å²) in [5, 5.41) is 10.3. The minimum absolute atomic E-state index is 0.0714. The van der Waals surface area contributed by atoms with Crippen LogP contribution in [0, 0.1) is 13.8 Å². The summed E-state index contributed by atoms with van der Waals surface area (Å²) < 4.78 is 1.79. The van der Waals surface area contributed by atoms with Crippen molar-refractivity contribution in [3.63, 3.8) is 0 Å². The number of aromatic nitrogens is 2. The average molecular weight is 418 g/mol. The maximum atomic E-state index is 12.8. The summed E-state index contributed by atoms with van der Waals surface area (Å²) in [6, 6.07) is 15.4. The van der Waals surface area contributed by atoms with Crippen LogP contribution in [-0.4, -0.2) is 39.7 Å². The fraction of sp³-hybridized carbons (Fsp3) is 0.292. The second-order valence-corrected chi connectivity index (χ2v) is 7.85. The molecule has 0 radical (unpaired) electrons. The van der Waals surface area contributed by atoms with Gasteiger partial charge in [-0.1, -0.05) is 30.3 Å². The summed E-state index contributed by atoms with van der Waals surface area (Å²) in [5.41, 5.74) is 5.03. The van der Waals surface area contributed by atoms with Crippen LogP contribution in [0.3, 0.4) is 0 Å². The van der Waals surface area contributed by atoms with E-state index in [1.807, 2.05) is 67.3 Å². The van der Waals surface area contributed by atoms with Crippen molar-refractivity contribution in [3.8, 4) is 5.69 Å². The molecule has 0 aliphatic carbocycles. The third-order valence-electron chi connectivity index (χ3n) is 5.62. The standard InChI is InChI=1S/C24H27N5O2/c1-17-8-3-4-11-22(17)29-18(2)21(16-26-29)23(30)25-15-19-9-7-10-20(14-19)27-24(31)28-12-5-6-13-28/h3-4,7-11,14,16H,5-6,12-13,15H2,1-2H3,(H,25,30)(H,27,31). The highest BCUT2D eigenvalue weighted by Gasteiger charge is 2.18. The molecule has 31 heavy (non-hydrogen) atoms. The molecule has 3 aromatic rings. The third-order valence-corrected chi connectivity index (χ3v) is 5.62. The van der Waals surface area contributed by atoms with E-state index in [1.165, 1.54) is 0 Å². The van der Waals surface area contributed by atoms with E-state index < -0.39 is 0 Å². The Morgan fingerprint density at radius 2 is 1.81 bits per heavy atom. The van der Waals surface area contributed by atoms with Crippen LogP contribution in [0.2, 0.25) is 0 Å². The first-order valence-corrected chi connectivity index (χ1v) is 10.6. The van der Waals surface area contributed by atoms with Gasteiger partial charge < -0.3 is 15.5 Å². The number of hydrogen-bond donors (Lipinski definition) is 2.